The molecule has 16 heavy (non-hydrogen) atoms. The first-order chi connectivity index (χ1) is 7.50. The fraction of sp³-hybridized carbons (Fsp3) is 0.364. The van der Waals surface area contributed by atoms with E-state index in [0.29, 0.717) is 0 Å². The number of hydrogen-bond donors (Lipinski definition) is 1. The smallest absolute Gasteiger partial charge is 0.337 e. The fourth-order valence-corrected chi connectivity index (χ4v) is 1.21. The van der Waals surface area contributed by atoms with Crippen molar-refractivity contribution in [2.45, 2.75) is 26.4 Å². The lowest BCUT2D eigenvalue weighted by Crippen LogP contribution is -2.16. The van der Waals surface area contributed by atoms with Gasteiger partial charge in [0.15, 0.2) is 0 Å². The predicted octanol–water partition coefficient (Wildman–Crippen LogP) is 1.27. The average molecular weight is 223 g/mol. The molecule has 0 saturated heterocycles. The SMILES string of the molecule is CC(C)OC(=O)Cc1ncccc1C(=O)O. The maximum absolute atomic E-state index is 11.3. The lowest BCUT2D eigenvalue weighted by atomic mass is 10.1. The Hall–Kier alpha value is -1.91. The van der Waals surface area contributed by atoms with Crippen LogP contribution in [0.2, 0.25) is 0 Å². The molecule has 1 aromatic rings. The summed E-state index contributed by atoms with van der Waals surface area (Å²) in [5.41, 5.74) is 0.254. The highest BCUT2D eigenvalue weighted by atomic mass is 16.5. The van der Waals surface area contributed by atoms with Crippen molar-refractivity contribution in [3.8, 4) is 0 Å². The van der Waals surface area contributed by atoms with E-state index in [1.54, 1.807) is 13.8 Å². The van der Waals surface area contributed by atoms with Gasteiger partial charge in [-0.1, -0.05) is 0 Å². The van der Waals surface area contributed by atoms with Crippen molar-refractivity contribution in [2.75, 3.05) is 0 Å². The van der Waals surface area contributed by atoms with Crippen LogP contribution in [-0.2, 0) is 16.0 Å². The number of rotatable bonds is 4. The molecule has 1 aromatic heterocycles. The first kappa shape index (κ1) is 12.2. The van der Waals surface area contributed by atoms with Crippen LogP contribution in [0.1, 0.15) is 29.9 Å². The van der Waals surface area contributed by atoms with Gasteiger partial charge in [0.25, 0.3) is 0 Å². The topological polar surface area (TPSA) is 76.5 Å². The zero-order valence-corrected chi connectivity index (χ0v) is 9.14. The lowest BCUT2D eigenvalue weighted by Gasteiger charge is -2.08. The van der Waals surface area contributed by atoms with Crippen molar-refractivity contribution in [3.63, 3.8) is 0 Å². The molecule has 0 amide bonds. The number of carboxylic acid groups (broad SMARTS) is 1. The molecule has 5 nitrogen and oxygen atoms in total. The minimum Gasteiger partial charge on any atom is -0.478 e. The number of nitrogens with zero attached hydrogens (tertiary/aromatic N) is 1. The van der Waals surface area contributed by atoms with Crippen molar-refractivity contribution in [1.82, 2.24) is 4.98 Å². The molecule has 1 heterocycles. The molecule has 0 saturated carbocycles. The van der Waals surface area contributed by atoms with E-state index in [2.05, 4.69) is 4.98 Å². The van der Waals surface area contributed by atoms with Gasteiger partial charge in [-0.3, -0.25) is 9.78 Å². The van der Waals surface area contributed by atoms with Crippen LogP contribution in [0.5, 0.6) is 0 Å². The highest BCUT2D eigenvalue weighted by Gasteiger charge is 2.15. The number of aromatic nitrogens is 1. The Morgan fingerprint density at radius 1 is 1.50 bits per heavy atom. The number of carbonyl (C=O) groups is 2. The second-order valence-corrected chi connectivity index (χ2v) is 3.52. The number of ether oxygens (including phenoxy) is 1. The summed E-state index contributed by atoms with van der Waals surface area (Å²) >= 11 is 0. The Morgan fingerprint density at radius 3 is 2.75 bits per heavy atom. The third-order valence-corrected chi connectivity index (χ3v) is 1.80. The van der Waals surface area contributed by atoms with Gasteiger partial charge in [0, 0.05) is 6.20 Å². The Kier molecular flexibility index (Phi) is 3.99. The molecule has 5 heteroatoms. The van der Waals surface area contributed by atoms with Crippen LogP contribution in [0.15, 0.2) is 18.3 Å². The van der Waals surface area contributed by atoms with Crippen molar-refractivity contribution >= 4 is 11.9 Å². The van der Waals surface area contributed by atoms with Gasteiger partial charge in [-0.05, 0) is 26.0 Å². The molecular weight excluding hydrogens is 210 g/mol. The maximum Gasteiger partial charge on any atom is 0.337 e. The van der Waals surface area contributed by atoms with E-state index in [1.165, 1.54) is 18.3 Å². The number of carbonyl (C=O) groups excluding carboxylic acids is 1. The number of aromatic carboxylic acids is 1. The average Bonchev–Trinajstić information content (AvgIpc) is 2.16. The normalized spacial score (nSPS) is 10.2. The van der Waals surface area contributed by atoms with Crippen molar-refractivity contribution in [2.24, 2.45) is 0 Å². The van der Waals surface area contributed by atoms with Crippen molar-refractivity contribution in [1.29, 1.82) is 0 Å². The molecule has 0 atom stereocenters. The molecule has 1 N–H and O–H groups in total. The van der Waals surface area contributed by atoms with Gasteiger partial charge in [-0.15, -0.1) is 0 Å². The highest BCUT2D eigenvalue weighted by Crippen LogP contribution is 2.07. The van der Waals surface area contributed by atoms with Crippen LogP contribution in [0.25, 0.3) is 0 Å². The summed E-state index contributed by atoms with van der Waals surface area (Å²) in [4.78, 5) is 26.0. The van der Waals surface area contributed by atoms with E-state index >= 15 is 0 Å². The molecule has 0 aliphatic heterocycles. The van der Waals surface area contributed by atoms with Gasteiger partial charge in [-0.2, -0.15) is 0 Å². The molecule has 0 radical (unpaired) electrons. The van der Waals surface area contributed by atoms with Crippen LogP contribution >= 0.6 is 0 Å². The Morgan fingerprint density at radius 2 is 2.19 bits per heavy atom. The quantitative estimate of drug-likeness (QED) is 0.778. The maximum atomic E-state index is 11.3. The summed E-state index contributed by atoms with van der Waals surface area (Å²) in [6.07, 6.45) is 1.11. The van der Waals surface area contributed by atoms with Gasteiger partial charge in [0.2, 0.25) is 0 Å². The molecule has 0 aliphatic rings. The molecule has 0 aliphatic carbocycles. The Balaban J connectivity index is 2.81. The summed E-state index contributed by atoms with van der Waals surface area (Å²) in [5, 5.41) is 8.87. The molecule has 1 rings (SSSR count). The molecule has 0 fully saturated rings. The fourth-order valence-electron chi connectivity index (χ4n) is 1.21. The number of hydrogen-bond acceptors (Lipinski definition) is 4. The summed E-state index contributed by atoms with van der Waals surface area (Å²) in [6.45, 7) is 3.46. The van der Waals surface area contributed by atoms with E-state index in [1.807, 2.05) is 0 Å². The van der Waals surface area contributed by atoms with Crippen LogP contribution in [-0.4, -0.2) is 28.1 Å². The van der Waals surface area contributed by atoms with E-state index in [9.17, 15) is 9.59 Å². The van der Waals surface area contributed by atoms with E-state index in [4.69, 9.17) is 9.84 Å². The summed E-state index contributed by atoms with van der Waals surface area (Å²) in [7, 11) is 0. The molecule has 0 aromatic carbocycles. The first-order valence-electron chi connectivity index (χ1n) is 4.87. The third kappa shape index (κ3) is 3.34. The van der Waals surface area contributed by atoms with Gasteiger partial charge in [0.05, 0.1) is 23.8 Å². The summed E-state index contributed by atoms with van der Waals surface area (Å²) in [6, 6.07) is 2.92. The van der Waals surface area contributed by atoms with Crippen LogP contribution in [0, 0.1) is 0 Å². The van der Waals surface area contributed by atoms with Gasteiger partial charge in [0.1, 0.15) is 0 Å². The van der Waals surface area contributed by atoms with Gasteiger partial charge >= 0.3 is 11.9 Å². The predicted molar refractivity (Wildman–Crippen MR) is 56.1 cm³/mol. The molecule has 0 unspecified atom stereocenters. The largest absolute Gasteiger partial charge is 0.478 e. The minimum absolute atomic E-state index is 0.0307. The monoisotopic (exact) mass is 223 g/mol. The molecule has 86 valence electrons. The number of pyridine rings is 1. The van der Waals surface area contributed by atoms with E-state index in [0.717, 1.165) is 0 Å². The van der Waals surface area contributed by atoms with E-state index < -0.39 is 11.9 Å². The number of carboxylic acids is 1. The Bertz CT molecular complexity index is 401. The Labute approximate surface area is 93.1 Å². The highest BCUT2D eigenvalue weighted by molar-refractivity contribution is 5.90. The van der Waals surface area contributed by atoms with E-state index in [-0.39, 0.29) is 23.8 Å². The summed E-state index contributed by atoms with van der Waals surface area (Å²) < 4.78 is 4.92. The van der Waals surface area contributed by atoms with Gasteiger partial charge in [-0.25, -0.2) is 4.79 Å². The molecule has 0 spiro atoms. The second kappa shape index (κ2) is 5.25. The lowest BCUT2D eigenvalue weighted by molar-refractivity contribution is -0.146. The molecule has 0 bridgehead atoms. The van der Waals surface area contributed by atoms with Crippen molar-refractivity contribution < 1.29 is 19.4 Å². The number of esters is 1. The minimum atomic E-state index is -1.10. The van der Waals surface area contributed by atoms with Crippen molar-refractivity contribution in [3.05, 3.63) is 29.6 Å². The summed E-state index contributed by atoms with van der Waals surface area (Å²) in [5.74, 6) is -1.57. The van der Waals surface area contributed by atoms with Crippen LogP contribution < -0.4 is 0 Å². The van der Waals surface area contributed by atoms with Gasteiger partial charge < -0.3 is 9.84 Å². The zero-order chi connectivity index (χ0) is 12.1. The zero-order valence-electron chi connectivity index (χ0n) is 9.14. The second-order valence-electron chi connectivity index (χ2n) is 3.52. The van der Waals surface area contributed by atoms with Crippen LogP contribution in [0.3, 0.4) is 0 Å². The molecular formula is C11H13NO4. The third-order valence-electron chi connectivity index (χ3n) is 1.80. The standard InChI is InChI=1S/C11H13NO4/c1-7(2)16-10(13)6-9-8(11(14)15)4-3-5-12-9/h3-5,7H,6H2,1-2H3,(H,14,15). The first-order valence-corrected chi connectivity index (χ1v) is 4.87. The van der Waals surface area contributed by atoms with Crippen LogP contribution in [0.4, 0.5) is 0 Å².